The molecule has 0 aliphatic carbocycles. The van der Waals surface area contributed by atoms with E-state index in [0.29, 0.717) is 37.8 Å². The van der Waals surface area contributed by atoms with Crippen molar-refractivity contribution in [3.05, 3.63) is 87.8 Å². The van der Waals surface area contributed by atoms with Gasteiger partial charge in [0.05, 0.1) is 38.0 Å². The second-order valence-corrected chi connectivity index (χ2v) is 8.69. The molecule has 3 aromatic rings. The summed E-state index contributed by atoms with van der Waals surface area (Å²) in [6, 6.07) is 19.8. The van der Waals surface area contributed by atoms with Crippen LogP contribution in [0.5, 0.6) is 0 Å². The molecule has 4 N–H and O–H groups in total. The van der Waals surface area contributed by atoms with E-state index >= 15 is 0 Å². The Balaban J connectivity index is 1.44. The van der Waals surface area contributed by atoms with E-state index in [9.17, 15) is 9.90 Å². The summed E-state index contributed by atoms with van der Waals surface area (Å²) in [6.07, 6.45) is 0.564. The minimum absolute atomic E-state index is 0.0198. The number of carboxylic acid groups (broad SMARTS) is 1. The van der Waals surface area contributed by atoms with Crippen LogP contribution in [0.15, 0.2) is 60.7 Å². The number of nitrogens with two attached hydrogens (primary N) is 1. The maximum absolute atomic E-state index is 11.8. The Kier molecular flexibility index (Phi) is 6.99. The van der Waals surface area contributed by atoms with Crippen molar-refractivity contribution in [2.75, 3.05) is 18.9 Å². The van der Waals surface area contributed by atoms with Crippen molar-refractivity contribution in [2.24, 2.45) is 0 Å². The maximum Gasteiger partial charge on any atom is 0.338 e. The van der Waals surface area contributed by atoms with Crippen molar-refractivity contribution in [3.8, 4) is 0 Å². The van der Waals surface area contributed by atoms with Crippen molar-refractivity contribution in [1.82, 2.24) is 5.32 Å². The largest absolute Gasteiger partial charge is 0.478 e. The number of aromatic carboxylic acids is 1. The maximum atomic E-state index is 11.8. The van der Waals surface area contributed by atoms with Gasteiger partial charge in [0, 0.05) is 10.9 Å². The average Bonchev–Trinajstić information content (AvgIpc) is 3.11. The fourth-order valence-corrected chi connectivity index (χ4v) is 5.02. The number of hydrogen-bond acceptors (Lipinski definition) is 6. The molecule has 0 bridgehead atoms. The van der Waals surface area contributed by atoms with Gasteiger partial charge in [0.25, 0.3) is 0 Å². The van der Waals surface area contributed by atoms with E-state index in [1.807, 2.05) is 60.7 Å². The van der Waals surface area contributed by atoms with E-state index in [2.05, 4.69) is 5.32 Å². The molecule has 7 heteroatoms. The van der Waals surface area contributed by atoms with Gasteiger partial charge in [-0.1, -0.05) is 60.7 Å². The Labute approximate surface area is 185 Å². The van der Waals surface area contributed by atoms with E-state index in [1.54, 1.807) is 0 Å². The van der Waals surface area contributed by atoms with Gasteiger partial charge in [0.1, 0.15) is 5.00 Å². The Morgan fingerprint density at radius 1 is 1.00 bits per heavy atom. The van der Waals surface area contributed by atoms with Gasteiger partial charge in [-0.3, -0.25) is 0 Å². The highest BCUT2D eigenvalue weighted by Gasteiger charge is 2.33. The summed E-state index contributed by atoms with van der Waals surface area (Å²) in [7, 11) is 0. The van der Waals surface area contributed by atoms with Crippen LogP contribution in [0.1, 0.15) is 38.0 Å². The zero-order valence-electron chi connectivity index (χ0n) is 17.1. The summed E-state index contributed by atoms with van der Waals surface area (Å²) in [5, 5.41) is 13.6. The molecule has 0 spiro atoms. The third-order valence-electron chi connectivity index (χ3n) is 5.31. The van der Waals surface area contributed by atoms with Gasteiger partial charge in [-0.15, -0.1) is 11.3 Å². The second-order valence-electron chi connectivity index (χ2n) is 7.61. The summed E-state index contributed by atoms with van der Waals surface area (Å²) in [6.45, 7) is 1.91. The van der Waals surface area contributed by atoms with E-state index < -0.39 is 5.97 Å². The van der Waals surface area contributed by atoms with Crippen LogP contribution in [0, 0.1) is 0 Å². The first-order valence-electron chi connectivity index (χ1n) is 10.3. The molecule has 2 heterocycles. The molecule has 0 saturated heterocycles. The number of nitrogen functional groups attached to an aromatic ring is 1. The predicted molar refractivity (Wildman–Crippen MR) is 121 cm³/mol. The minimum atomic E-state index is -0.982. The van der Waals surface area contributed by atoms with E-state index in [0.717, 1.165) is 21.6 Å². The fraction of sp³-hybridized carbons (Fsp3) is 0.292. The molecule has 0 fully saturated rings. The Hall–Kier alpha value is -2.71. The lowest BCUT2D eigenvalue weighted by molar-refractivity contribution is 0.0655. The SMILES string of the molecule is Nc1sc2c(c1C(=O)O)C[C@H](COCc1ccccc1)N[C@@H]2COCc1ccccc1. The molecule has 1 aliphatic heterocycles. The number of anilines is 1. The lowest BCUT2D eigenvalue weighted by atomic mass is 9.94. The first-order valence-corrected chi connectivity index (χ1v) is 11.1. The van der Waals surface area contributed by atoms with Crippen molar-refractivity contribution < 1.29 is 19.4 Å². The minimum Gasteiger partial charge on any atom is -0.478 e. The molecule has 1 aliphatic rings. The zero-order valence-corrected chi connectivity index (χ0v) is 17.9. The van der Waals surface area contributed by atoms with Gasteiger partial charge in [-0.2, -0.15) is 0 Å². The Bertz CT molecular complexity index is 1010. The molecule has 4 rings (SSSR count). The summed E-state index contributed by atoms with van der Waals surface area (Å²) in [4.78, 5) is 12.8. The Morgan fingerprint density at radius 2 is 1.58 bits per heavy atom. The number of fused-ring (bicyclic) bond motifs is 1. The monoisotopic (exact) mass is 438 g/mol. The normalized spacial score (nSPS) is 17.9. The van der Waals surface area contributed by atoms with Gasteiger partial charge in [0.2, 0.25) is 0 Å². The van der Waals surface area contributed by atoms with E-state index in [-0.39, 0.29) is 17.6 Å². The van der Waals surface area contributed by atoms with Crippen molar-refractivity contribution in [3.63, 3.8) is 0 Å². The van der Waals surface area contributed by atoms with Crippen LogP contribution in [0.3, 0.4) is 0 Å². The van der Waals surface area contributed by atoms with Gasteiger partial charge in [-0.25, -0.2) is 4.79 Å². The van der Waals surface area contributed by atoms with Gasteiger partial charge in [-0.05, 0) is 23.1 Å². The van der Waals surface area contributed by atoms with E-state index in [4.69, 9.17) is 15.2 Å². The van der Waals surface area contributed by atoms with Crippen molar-refractivity contribution in [2.45, 2.75) is 31.7 Å². The number of ether oxygens (including phenoxy) is 2. The molecule has 0 amide bonds. The number of carbonyl (C=O) groups is 1. The molecular formula is C24H26N2O4S. The second kappa shape index (κ2) is 10.1. The van der Waals surface area contributed by atoms with Crippen LogP contribution >= 0.6 is 11.3 Å². The van der Waals surface area contributed by atoms with Crippen LogP contribution in [0.2, 0.25) is 0 Å². The number of thiophene rings is 1. The third-order valence-corrected chi connectivity index (χ3v) is 6.48. The molecule has 0 saturated carbocycles. The standard InChI is InChI=1S/C24H26N2O4S/c25-23-21(24(27)28)19-11-18(14-29-12-16-7-3-1-4-8-16)26-20(22(19)31-23)15-30-13-17-9-5-2-6-10-17/h1-10,18,20,26H,11-15,25H2,(H,27,28)/t18-,20-/m1/s1. The zero-order chi connectivity index (χ0) is 21.6. The highest BCUT2D eigenvalue weighted by atomic mass is 32.1. The van der Waals surface area contributed by atoms with Gasteiger partial charge in [0.15, 0.2) is 0 Å². The summed E-state index contributed by atoms with van der Waals surface area (Å²) in [5.41, 5.74) is 9.29. The predicted octanol–water partition coefficient (Wildman–Crippen LogP) is 4.02. The number of hydrogen-bond donors (Lipinski definition) is 3. The smallest absolute Gasteiger partial charge is 0.338 e. The highest BCUT2D eigenvalue weighted by molar-refractivity contribution is 7.16. The van der Waals surface area contributed by atoms with Crippen LogP contribution in [0.4, 0.5) is 5.00 Å². The molecule has 162 valence electrons. The molecule has 0 unspecified atom stereocenters. The average molecular weight is 439 g/mol. The first-order chi connectivity index (χ1) is 15.1. The number of rotatable bonds is 9. The summed E-state index contributed by atoms with van der Waals surface area (Å²) in [5.74, 6) is -0.982. The molecular weight excluding hydrogens is 412 g/mol. The summed E-state index contributed by atoms with van der Waals surface area (Å²) < 4.78 is 11.9. The quantitative estimate of drug-likeness (QED) is 0.467. The summed E-state index contributed by atoms with van der Waals surface area (Å²) >= 11 is 1.34. The van der Waals surface area contributed by atoms with Crippen molar-refractivity contribution in [1.29, 1.82) is 0 Å². The lowest BCUT2D eigenvalue weighted by Gasteiger charge is -2.31. The number of benzene rings is 2. The number of carboxylic acids is 1. The number of nitrogens with one attached hydrogen (secondary N) is 1. The third kappa shape index (κ3) is 5.32. The van der Waals surface area contributed by atoms with Crippen molar-refractivity contribution >= 4 is 22.3 Å². The molecule has 2 atom stereocenters. The molecule has 0 radical (unpaired) electrons. The molecule has 31 heavy (non-hydrogen) atoms. The first kappa shape index (κ1) is 21.5. The molecule has 2 aromatic carbocycles. The van der Waals surface area contributed by atoms with Crippen LogP contribution in [-0.2, 0) is 29.1 Å². The fourth-order valence-electron chi connectivity index (χ4n) is 3.88. The van der Waals surface area contributed by atoms with Crippen LogP contribution in [-0.4, -0.2) is 30.3 Å². The lowest BCUT2D eigenvalue weighted by Crippen LogP contribution is -2.43. The van der Waals surface area contributed by atoms with E-state index in [1.165, 1.54) is 11.3 Å². The highest BCUT2D eigenvalue weighted by Crippen LogP contribution is 2.39. The topological polar surface area (TPSA) is 93.8 Å². The van der Waals surface area contributed by atoms with Crippen LogP contribution in [0.25, 0.3) is 0 Å². The van der Waals surface area contributed by atoms with Gasteiger partial charge >= 0.3 is 5.97 Å². The van der Waals surface area contributed by atoms with Crippen LogP contribution < -0.4 is 11.1 Å². The molecule has 1 aromatic heterocycles. The van der Waals surface area contributed by atoms with Gasteiger partial charge < -0.3 is 25.6 Å². The molecule has 6 nitrogen and oxygen atoms in total. The Morgan fingerprint density at radius 3 is 2.16 bits per heavy atom.